The molecule has 0 fully saturated rings. The summed E-state index contributed by atoms with van der Waals surface area (Å²) < 4.78 is 23.6. The minimum atomic E-state index is -0.879. The summed E-state index contributed by atoms with van der Waals surface area (Å²) in [5.41, 5.74) is -0.216. The van der Waals surface area contributed by atoms with Crippen LogP contribution in [0.5, 0.6) is 17.2 Å². The number of nitrogens with zero attached hydrogens (tertiary/aromatic N) is 1. The number of nitriles is 1. The van der Waals surface area contributed by atoms with Gasteiger partial charge in [0.1, 0.15) is 11.6 Å². The molecule has 0 amide bonds. The lowest BCUT2D eigenvalue weighted by atomic mass is 10.1. The average molecular weight is 209 g/mol. The SMILES string of the molecule is N#Cc1c(O)c(F)cc2c1OCCCO2. The van der Waals surface area contributed by atoms with E-state index >= 15 is 0 Å². The van der Waals surface area contributed by atoms with Crippen molar-refractivity contribution in [3.05, 3.63) is 17.4 Å². The largest absolute Gasteiger partial charge is 0.504 e. The molecule has 0 saturated carbocycles. The molecule has 0 spiro atoms. The van der Waals surface area contributed by atoms with Gasteiger partial charge >= 0.3 is 0 Å². The van der Waals surface area contributed by atoms with Crippen LogP contribution in [0.25, 0.3) is 0 Å². The highest BCUT2D eigenvalue weighted by Gasteiger charge is 2.21. The molecule has 5 heteroatoms. The van der Waals surface area contributed by atoms with Crippen LogP contribution in [0.3, 0.4) is 0 Å². The molecule has 1 aromatic rings. The minimum absolute atomic E-state index is 0.119. The molecule has 1 heterocycles. The molecule has 1 aromatic carbocycles. The van der Waals surface area contributed by atoms with Crippen LogP contribution in [0.4, 0.5) is 4.39 Å². The topological polar surface area (TPSA) is 62.5 Å². The number of ether oxygens (including phenoxy) is 2. The summed E-state index contributed by atoms with van der Waals surface area (Å²) in [6.07, 6.45) is 0.655. The van der Waals surface area contributed by atoms with Crippen molar-refractivity contribution >= 4 is 0 Å². The Hall–Kier alpha value is -1.96. The van der Waals surface area contributed by atoms with E-state index in [1.54, 1.807) is 6.07 Å². The lowest BCUT2D eigenvalue weighted by molar-refractivity contribution is 0.296. The summed E-state index contributed by atoms with van der Waals surface area (Å²) in [4.78, 5) is 0. The molecule has 78 valence electrons. The predicted molar refractivity (Wildman–Crippen MR) is 48.4 cm³/mol. The maximum Gasteiger partial charge on any atom is 0.182 e. The summed E-state index contributed by atoms with van der Waals surface area (Å²) in [6, 6.07) is 2.72. The third-order valence-corrected chi connectivity index (χ3v) is 2.08. The number of aromatic hydroxyl groups is 1. The fraction of sp³-hybridized carbons (Fsp3) is 0.300. The molecule has 15 heavy (non-hydrogen) atoms. The second kappa shape index (κ2) is 3.65. The van der Waals surface area contributed by atoms with E-state index < -0.39 is 11.6 Å². The monoisotopic (exact) mass is 209 g/mol. The van der Waals surface area contributed by atoms with E-state index in [1.165, 1.54) is 0 Å². The highest BCUT2D eigenvalue weighted by Crippen LogP contribution is 2.39. The summed E-state index contributed by atoms with van der Waals surface area (Å²) in [5.74, 6) is -1.29. The quantitative estimate of drug-likeness (QED) is 0.704. The Morgan fingerprint density at radius 3 is 2.87 bits per heavy atom. The highest BCUT2D eigenvalue weighted by atomic mass is 19.1. The number of halogens is 1. The van der Waals surface area contributed by atoms with Gasteiger partial charge in [-0.05, 0) is 0 Å². The number of benzene rings is 1. The van der Waals surface area contributed by atoms with Gasteiger partial charge in [-0.25, -0.2) is 4.39 Å². The number of fused-ring (bicyclic) bond motifs is 1. The molecule has 0 aliphatic carbocycles. The van der Waals surface area contributed by atoms with Gasteiger partial charge in [0.15, 0.2) is 23.1 Å². The molecule has 4 nitrogen and oxygen atoms in total. The van der Waals surface area contributed by atoms with Gasteiger partial charge in [-0.2, -0.15) is 5.26 Å². The molecule has 1 N–H and O–H groups in total. The molecule has 0 aromatic heterocycles. The van der Waals surface area contributed by atoms with E-state index in [0.29, 0.717) is 19.6 Å². The molecule has 0 bridgehead atoms. The first kappa shape index (κ1) is 9.59. The zero-order valence-corrected chi connectivity index (χ0v) is 7.79. The van der Waals surface area contributed by atoms with Gasteiger partial charge < -0.3 is 14.6 Å². The second-order valence-corrected chi connectivity index (χ2v) is 3.07. The predicted octanol–water partition coefficient (Wildman–Crippen LogP) is 1.56. The summed E-state index contributed by atoms with van der Waals surface area (Å²) in [7, 11) is 0. The van der Waals surface area contributed by atoms with Crippen molar-refractivity contribution in [3.63, 3.8) is 0 Å². The Bertz CT molecular complexity index is 439. The normalized spacial score (nSPS) is 14.1. The first-order valence-electron chi connectivity index (χ1n) is 4.45. The van der Waals surface area contributed by atoms with Crippen LogP contribution in [0.2, 0.25) is 0 Å². The molecule has 0 saturated heterocycles. The Balaban J connectivity index is 2.62. The Kier molecular flexibility index (Phi) is 2.34. The number of hydrogen-bond acceptors (Lipinski definition) is 4. The molecule has 0 radical (unpaired) electrons. The van der Waals surface area contributed by atoms with E-state index in [4.69, 9.17) is 14.7 Å². The molecule has 1 aliphatic heterocycles. The van der Waals surface area contributed by atoms with E-state index in [-0.39, 0.29) is 17.1 Å². The van der Waals surface area contributed by atoms with Gasteiger partial charge in [-0.15, -0.1) is 0 Å². The van der Waals surface area contributed by atoms with Crippen molar-refractivity contribution in [1.29, 1.82) is 5.26 Å². The fourth-order valence-electron chi connectivity index (χ4n) is 1.37. The van der Waals surface area contributed by atoms with Crippen LogP contribution < -0.4 is 9.47 Å². The summed E-state index contributed by atoms with van der Waals surface area (Å²) in [5, 5.41) is 18.1. The molecular weight excluding hydrogens is 201 g/mol. The molecule has 1 aliphatic rings. The Morgan fingerprint density at radius 2 is 2.13 bits per heavy atom. The van der Waals surface area contributed by atoms with Crippen LogP contribution in [-0.2, 0) is 0 Å². The van der Waals surface area contributed by atoms with Gasteiger partial charge in [-0.1, -0.05) is 0 Å². The van der Waals surface area contributed by atoms with Crippen molar-refractivity contribution in [3.8, 4) is 23.3 Å². The number of phenolic OH excluding ortho intramolecular Hbond substituents is 1. The van der Waals surface area contributed by atoms with Crippen molar-refractivity contribution in [1.82, 2.24) is 0 Å². The smallest absolute Gasteiger partial charge is 0.182 e. The van der Waals surface area contributed by atoms with Crippen molar-refractivity contribution < 1.29 is 19.0 Å². The van der Waals surface area contributed by atoms with E-state index in [0.717, 1.165) is 6.07 Å². The lowest BCUT2D eigenvalue weighted by Crippen LogP contribution is -1.98. The highest BCUT2D eigenvalue weighted by molar-refractivity contribution is 5.60. The standard InChI is InChI=1S/C10H8FNO3/c11-7-4-8-10(6(5-12)9(7)13)15-3-1-2-14-8/h4,13H,1-3H2. The maximum atomic E-state index is 13.2. The van der Waals surface area contributed by atoms with Gasteiger partial charge in [0.25, 0.3) is 0 Å². The summed E-state index contributed by atoms with van der Waals surface area (Å²) >= 11 is 0. The minimum Gasteiger partial charge on any atom is -0.504 e. The van der Waals surface area contributed by atoms with E-state index in [1.807, 2.05) is 0 Å². The Morgan fingerprint density at radius 1 is 1.40 bits per heavy atom. The van der Waals surface area contributed by atoms with Crippen LogP contribution >= 0.6 is 0 Å². The molecule has 0 atom stereocenters. The van der Waals surface area contributed by atoms with Crippen LogP contribution in [0.1, 0.15) is 12.0 Å². The number of rotatable bonds is 0. The number of phenols is 1. The zero-order chi connectivity index (χ0) is 10.8. The van der Waals surface area contributed by atoms with E-state index in [9.17, 15) is 9.50 Å². The molecule has 2 rings (SSSR count). The van der Waals surface area contributed by atoms with Crippen LogP contribution in [0.15, 0.2) is 6.07 Å². The fourth-order valence-corrected chi connectivity index (χ4v) is 1.37. The first-order valence-corrected chi connectivity index (χ1v) is 4.45. The number of hydrogen-bond donors (Lipinski definition) is 1. The van der Waals surface area contributed by atoms with E-state index in [2.05, 4.69) is 0 Å². The second-order valence-electron chi connectivity index (χ2n) is 3.07. The van der Waals surface area contributed by atoms with Gasteiger partial charge in [0, 0.05) is 12.5 Å². The van der Waals surface area contributed by atoms with Crippen LogP contribution in [-0.4, -0.2) is 18.3 Å². The summed E-state index contributed by atoms with van der Waals surface area (Å²) in [6.45, 7) is 0.787. The van der Waals surface area contributed by atoms with Gasteiger partial charge in [0.2, 0.25) is 0 Å². The zero-order valence-electron chi connectivity index (χ0n) is 7.79. The first-order chi connectivity index (χ1) is 7.24. The third kappa shape index (κ3) is 1.54. The van der Waals surface area contributed by atoms with Crippen molar-refractivity contribution in [2.24, 2.45) is 0 Å². The average Bonchev–Trinajstić information content (AvgIpc) is 2.45. The van der Waals surface area contributed by atoms with Crippen molar-refractivity contribution in [2.75, 3.05) is 13.2 Å². The van der Waals surface area contributed by atoms with Crippen molar-refractivity contribution in [2.45, 2.75) is 6.42 Å². The molecule has 0 unspecified atom stereocenters. The van der Waals surface area contributed by atoms with Gasteiger partial charge in [0.05, 0.1) is 13.2 Å². The maximum absolute atomic E-state index is 13.2. The van der Waals surface area contributed by atoms with Gasteiger partial charge in [-0.3, -0.25) is 0 Å². The Labute approximate surface area is 85.5 Å². The molecular formula is C10H8FNO3. The lowest BCUT2D eigenvalue weighted by Gasteiger charge is -2.10. The van der Waals surface area contributed by atoms with Crippen LogP contribution in [0, 0.1) is 17.1 Å². The third-order valence-electron chi connectivity index (χ3n) is 2.08.